The molecule has 0 unspecified atom stereocenters. The molecule has 0 saturated heterocycles. The highest BCUT2D eigenvalue weighted by molar-refractivity contribution is 6.07. The first-order valence-corrected chi connectivity index (χ1v) is 12.0. The summed E-state index contributed by atoms with van der Waals surface area (Å²) in [6, 6.07) is 11.3. The summed E-state index contributed by atoms with van der Waals surface area (Å²) < 4.78 is 17.6. The van der Waals surface area contributed by atoms with E-state index in [9.17, 15) is 4.79 Å². The first-order chi connectivity index (χ1) is 15.6. The van der Waals surface area contributed by atoms with Gasteiger partial charge in [0.2, 0.25) is 0 Å². The zero-order valence-electron chi connectivity index (χ0n) is 20.1. The molecule has 0 spiro atoms. The highest BCUT2D eigenvalue weighted by Gasteiger charge is 2.12. The van der Waals surface area contributed by atoms with Gasteiger partial charge in [-0.2, -0.15) is 0 Å². The van der Waals surface area contributed by atoms with Crippen molar-refractivity contribution in [2.45, 2.75) is 66.2 Å². The average Bonchev–Trinajstić information content (AvgIpc) is 2.80. The summed E-state index contributed by atoms with van der Waals surface area (Å²) in [7, 11) is 0. The number of ketones is 1. The molecular formula is C28H38O4. The van der Waals surface area contributed by atoms with Crippen molar-refractivity contribution < 1.29 is 19.0 Å². The number of hydrogen-bond donors (Lipinski definition) is 0. The number of carbonyl (C=O) groups excluding carboxylic acids is 1. The molecule has 0 bridgehead atoms. The van der Waals surface area contributed by atoms with Gasteiger partial charge >= 0.3 is 0 Å². The van der Waals surface area contributed by atoms with Crippen molar-refractivity contribution in [2.75, 3.05) is 19.8 Å². The standard InChI is InChI=1S/C28H38O4/c1-5-9-18-31-27-21-28(32-19-10-6-2)24(20-23(27)11-7-3)14-17-26(29)22-12-15-25(16-13-22)30-8-4/h12-17,20-21H,5-11,18-19H2,1-4H3/b17-14+. The van der Waals surface area contributed by atoms with Gasteiger partial charge in [0.1, 0.15) is 17.2 Å². The topological polar surface area (TPSA) is 44.8 Å². The number of carbonyl (C=O) groups is 1. The van der Waals surface area contributed by atoms with Crippen molar-refractivity contribution in [3.63, 3.8) is 0 Å². The average molecular weight is 439 g/mol. The van der Waals surface area contributed by atoms with Crippen LogP contribution in [0.3, 0.4) is 0 Å². The third-order valence-electron chi connectivity index (χ3n) is 5.09. The lowest BCUT2D eigenvalue weighted by Crippen LogP contribution is -2.04. The van der Waals surface area contributed by atoms with Crippen LogP contribution >= 0.6 is 0 Å². The van der Waals surface area contributed by atoms with Crippen LogP contribution in [0.5, 0.6) is 17.2 Å². The van der Waals surface area contributed by atoms with Gasteiger partial charge in [-0.05, 0) is 74.2 Å². The van der Waals surface area contributed by atoms with E-state index < -0.39 is 0 Å². The van der Waals surface area contributed by atoms with E-state index in [0.29, 0.717) is 25.4 Å². The van der Waals surface area contributed by atoms with E-state index in [1.807, 2.05) is 31.2 Å². The van der Waals surface area contributed by atoms with Crippen molar-refractivity contribution in [1.29, 1.82) is 0 Å². The summed E-state index contributed by atoms with van der Waals surface area (Å²) in [5.74, 6) is 2.37. The molecule has 0 saturated carbocycles. The highest BCUT2D eigenvalue weighted by atomic mass is 16.5. The fourth-order valence-electron chi connectivity index (χ4n) is 3.28. The molecule has 2 aromatic rings. The van der Waals surface area contributed by atoms with Gasteiger partial charge in [-0.15, -0.1) is 0 Å². The van der Waals surface area contributed by atoms with Crippen LogP contribution in [0.4, 0.5) is 0 Å². The number of aryl methyl sites for hydroxylation is 1. The summed E-state index contributed by atoms with van der Waals surface area (Å²) in [6.07, 6.45) is 9.58. The van der Waals surface area contributed by atoms with Crippen LogP contribution in [-0.4, -0.2) is 25.6 Å². The summed E-state index contributed by atoms with van der Waals surface area (Å²) >= 11 is 0. The maximum Gasteiger partial charge on any atom is 0.185 e. The maximum absolute atomic E-state index is 12.7. The molecule has 174 valence electrons. The Morgan fingerprint density at radius 1 is 0.812 bits per heavy atom. The smallest absolute Gasteiger partial charge is 0.185 e. The molecule has 0 aliphatic carbocycles. The fourth-order valence-corrected chi connectivity index (χ4v) is 3.28. The summed E-state index contributed by atoms with van der Waals surface area (Å²) in [5, 5.41) is 0. The zero-order chi connectivity index (χ0) is 23.2. The second kappa shape index (κ2) is 14.3. The molecule has 32 heavy (non-hydrogen) atoms. The van der Waals surface area contributed by atoms with E-state index in [4.69, 9.17) is 14.2 Å². The Labute approximate surface area is 193 Å². The summed E-state index contributed by atoms with van der Waals surface area (Å²) in [6.45, 7) is 10.3. The van der Waals surface area contributed by atoms with Crippen molar-refractivity contribution in [1.82, 2.24) is 0 Å². The minimum atomic E-state index is -0.0483. The van der Waals surface area contributed by atoms with Gasteiger partial charge < -0.3 is 14.2 Å². The number of hydrogen-bond acceptors (Lipinski definition) is 4. The predicted octanol–water partition coefficient (Wildman–Crippen LogP) is 7.29. The van der Waals surface area contributed by atoms with E-state index >= 15 is 0 Å². The zero-order valence-corrected chi connectivity index (χ0v) is 20.1. The number of rotatable bonds is 15. The van der Waals surface area contributed by atoms with Crippen molar-refractivity contribution in [3.05, 3.63) is 59.2 Å². The quantitative estimate of drug-likeness (QED) is 0.166. The van der Waals surface area contributed by atoms with Gasteiger partial charge in [-0.1, -0.05) is 40.0 Å². The van der Waals surface area contributed by atoms with Crippen LogP contribution in [-0.2, 0) is 6.42 Å². The third kappa shape index (κ3) is 8.07. The van der Waals surface area contributed by atoms with Crippen molar-refractivity contribution >= 4 is 11.9 Å². The fraction of sp³-hybridized carbons (Fsp3) is 0.464. The van der Waals surface area contributed by atoms with Crippen LogP contribution in [0.15, 0.2) is 42.5 Å². The first-order valence-electron chi connectivity index (χ1n) is 12.0. The van der Waals surface area contributed by atoms with Crippen LogP contribution < -0.4 is 14.2 Å². The van der Waals surface area contributed by atoms with Gasteiger partial charge in [0, 0.05) is 17.2 Å². The molecule has 4 heteroatoms. The number of allylic oxidation sites excluding steroid dienone is 1. The molecule has 0 radical (unpaired) electrons. The second-order valence-electron chi connectivity index (χ2n) is 7.81. The predicted molar refractivity (Wildman–Crippen MR) is 132 cm³/mol. The van der Waals surface area contributed by atoms with Gasteiger partial charge in [0.25, 0.3) is 0 Å². The Morgan fingerprint density at radius 2 is 1.47 bits per heavy atom. The van der Waals surface area contributed by atoms with Gasteiger partial charge in [-0.3, -0.25) is 4.79 Å². The van der Waals surface area contributed by atoms with E-state index in [1.165, 1.54) is 0 Å². The van der Waals surface area contributed by atoms with Crippen molar-refractivity contribution in [3.8, 4) is 17.2 Å². The Morgan fingerprint density at radius 3 is 2.06 bits per heavy atom. The molecule has 0 aliphatic rings. The number of unbranched alkanes of at least 4 members (excludes halogenated alkanes) is 2. The van der Waals surface area contributed by atoms with Crippen molar-refractivity contribution in [2.24, 2.45) is 0 Å². The van der Waals surface area contributed by atoms with E-state index in [1.54, 1.807) is 18.2 Å². The van der Waals surface area contributed by atoms with E-state index in [2.05, 4.69) is 26.8 Å². The lowest BCUT2D eigenvalue weighted by atomic mass is 10.0. The number of ether oxygens (including phenoxy) is 3. The van der Waals surface area contributed by atoms with Gasteiger partial charge in [-0.25, -0.2) is 0 Å². The first kappa shape index (κ1) is 25.5. The molecule has 4 nitrogen and oxygen atoms in total. The Balaban J connectivity index is 2.28. The van der Waals surface area contributed by atoms with E-state index in [0.717, 1.165) is 66.9 Å². The molecule has 0 amide bonds. The lowest BCUT2D eigenvalue weighted by molar-refractivity contribution is 0.104. The Bertz CT molecular complexity index is 852. The highest BCUT2D eigenvalue weighted by Crippen LogP contribution is 2.32. The Hall–Kier alpha value is -2.75. The minimum absolute atomic E-state index is 0.0483. The summed E-state index contributed by atoms with van der Waals surface area (Å²) in [4.78, 5) is 12.7. The molecular weight excluding hydrogens is 400 g/mol. The molecule has 2 rings (SSSR count). The lowest BCUT2D eigenvalue weighted by Gasteiger charge is -2.16. The second-order valence-corrected chi connectivity index (χ2v) is 7.81. The van der Waals surface area contributed by atoms with Crippen LogP contribution in [0.2, 0.25) is 0 Å². The van der Waals surface area contributed by atoms with Gasteiger partial charge in [0.15, 0.2) is 5.78 Å². The summed E-state index contributed by atoms with van der Waals surface area (Å²) in [5.41, 5.74) is 2.69. The molecule has 0 atom stereocenters. The monoisotopic (exact) mass is 438 g/mol. The molecule has 0 heterocycles. The minimum Gasteiger partial charge on any atom is -0.494 e. The molecule has 0 aliphatic heterocycles. The SMILES string of the molecule is CCCCOc1cc(OCCCC)c(CCC)cc1/C=C/C(=O)c1ccc(OCC)cc1. The molecule has 0 N–H and O–H groups in total. The molecule has 0 fully saturated rings. The van der Waals surface area contributed by atoms with Crippen LogP contribution in [0.25, 0.3) is 6.08 Å². The van der Waals surface area contributed by atoms with E-state index in [-0.39, 0.29) is 5.78 Å². The molecule has 2 aromatic carbocycles. The molecule has 0 aromatic heterocycles. The normalized spacial score (nSPS) is 11.0. The number of benzene rings is 2. The largest absolute Gasteiger partial charge is 0.494 e. The third-order valence-corrected chi connectivity index (χ3v) is 5.09. The Kier molecular flexibility index (Phi) is 11.4. The van der Waals surface area contributed by atoms with Gasteiger partial charge in [0.05, 0.1) is 19.8 Å². The van der Waals surface area contributed by atoms with Crippen LogP contribution in [0.1, 0.15) is 81.3 Å². The van der Waals surface area contributed by atoms with Crippen LogP contribution in [0, 0.1) is 0 Å². The maximum atomic E-state index is 12.7.